The zero-order valence-corrected chi connectivity index (χ0v) is 17.5. The van der Waals surface area contributed by atoms with Crippen molar-refractivity contribution in [3.63, 3.8) is 0 Å². The van der Waals surface area contributed by atoms with Crippen molar-refractivity contribution in [3.8, 4) is 6.07 Å². The van der Waals surface area contributed by atoms with Gasteiger partial charge in [-0.1, -0.05) is 12.1 Å². The third-order valence-corrected chi connectivity index (χ3v) is 5.20. The summed E-state index contributed by atoms with van der Waals surface area (Å²) in [7, 11) is 0. The molecule has 0 radical (unpaired) electrons. The molecule has 2 aromatic rings. The average Bonchev–Trinajstić information content (AvgIpc) is 3.18. The summed E-state index contributed by atoms with van der Waals surface area (Å²) in [6.07, 6.45) is 1.89. The van der Waals surface area contributed by atoms with E-state index in [4.69, 9.17) is 9.15 Å². The number of para-hydroxylation sites is 2. The van der Waals surface area contributed by atoms with Gasteiger partial charge in [0.15, 0.2) is 17.3 Å². The quantitative estimate of drug-likeness (QED) is 0.498. The number of nitrogens with one attached hydrogen (secondary N) is 1. The molecule has 0 bridgehead atoms. The molecule has 1 aromatic heterocycles. The van der Waals surface area contributed by atoms with E-state index in [9.17, 15) is 14.9 Å². The number of nitriles is 1. The van der Waals surface area contributed by atoms with Gasteiger partial charge in [0.2, 0.25) is 5.91 Å². The Morgan fingerprint density at radius 3 is 2.73 bits per heavy atom. The predicted molar refractivity (Wildman–Crippen MR) is 112 cm³/mol. The van der Waals surface area contributed by atoms with Crippen LogP contribution in [0.1, 0.15) is 33.1 Å². The van der Waals surface area contributed by atoms with E-state index in [2.05, 4.69) is 10.3 Å². The second-order valence-electron chi connectivity index (χ2n) is 7.75. The number of nitrogens with zero attached hydrogens (tertiary/aromatic N) is 3. The number of oxazole rings is 1. The minimum absolute atomic E-state index is 0.134. The zero-order valence-electron chi connectivity index (χ0n) is 17.5. The fourth-order valence-corrected chi connectivity index (χ4v) is 3.54. The Bertz CT molecular complexity index is 876. The first-order chi connectivity index (χ1) is 14.5. The molecule has 8 heteroatoms. The molecule has 1 fully saturated rings. The number of fused-ring (bicyclic) bond motifs is 1. The maximum Gasteiger partial charge on any atom is 0.298 e. The summed E-state index contributed by atoms with van der Waals surface area (Å²) >= 11 is 0. The third kappa shape index (κ3) is 5.36. The van der Waals surface area contributed by atoms with Crippen molar-refractivity contribution in [2.45, 2.75) is 39.2 Å². The van der Waals surface area contributed by atoms with Crippen molar-refractivity contribution in [1.29, 1.82) is 5.26 Å². The van der Waals surface area contributed by atoms with Crippen LogP contribution in [0.5, 0.6) is 0 Å². The SMILES string of the molecule is CC(C)OCCCNC(=O)C(C#N)C(=O)C1CCN(c2nc3ccccc3o2)CC1. The lowest BCUT2D eigenvalue weighted by Crippen LogP contribution is -2.42. The molecule has 30 heavy (non-hydrogen) atoms. The predicted octanol–water partition coefficient (Wildman–Crippen LogP) is 2.68. The first kappa shape index (κ1) is 21.8. The number of piperidine rings is 1. The first-order valence-electron chi connectivity index (χ1n) is 10.4. The molecule has 3 rings (SSSR count). The molecule has 1 saturated heterocycles. The van der Waals surface area contributed by atoms with Crippen LogP contribution < -0.4 is 10.2 Å². The molecule has 0 spiro atoms. The van der Waals surface area contributed by atoms with E-state index in [1.807, 2.05) is 49.1 Å². The van der Waals surface area contributed by atoms with Gasteiger partial charge in [0.25, 0.3) is 6.01 Å². The molecular formula is C22H28N4O4. The van der Waals surface area contributed by atoms with Crippen molar-refractivity contribution >= 4 is 28.8 Å². The van der Waals surface area contributed by atoms with Gasteiger partial charge in [-0.2, -0.15) is 10.2 Å². The van der Waals surface area contributed by atoms with E-state index in [1.165, 1.54) is 0 Å². The molecule has 160 valence electrons. The van der Waals surface area contributed by atoms with Gasteiger partial charge in [0.1, 0.15) is 5.52 Å². The number of amides is 1. The number of hydrogen-bond acceptors (Lipinski definition) is 7. The van der Waals surface area contributed by atoms with Gasteiger partial charge < -0.3 is 19.4 Å². The Labute approximate surface area is 176 Å². The van der Waals surface area contributed by atoms with Crippen LogP contribution in [0.15, 0.2) is 28.7 Å². The highest BCUT2D eigenvalue weighted by Crippen LogP contribution is 2.27. The Morgan fingerprint density at radius 1 is 1.33 bits per heavy atom. The van der Waals surface area contributed by atoms with Gasteiger partial charge in [-0.05, 0) is 45.2 Å². The lowest BCUT2D eigenvalue weighted by Gasteiger charge is -2.30. The minimum atomic E-state index is -1.27. The summed E-state index contributed by atoms with van der Waals surface area (Å²) in [5.74, 6) is -2.40. The number of benzene rings is 1. The number of aromatic nitrogens is 1. The van der Waals surface area contributed by atoms with E-state index in [1.54, 1.807) is 0 Å². The van der Waals surface area contributed by atoms with Gasteiger partial charge in [-0.3, -0.25) is 9.59 Å². The Morgan fingerprint density at radius 2 is 2.07 bits per heavy atom. The molecule has 1 N–H and O–H groups in total. The largest absolute Gasteiger partial charge is 0.423 e. The highest BCUT2D eigenvalue weighted by atomic mass is 16.5. The maximum absolute atomic E-state index is 12.8. The highest BCUT2D eigenvalue weighted by molar-refractivity contribution is 6.04. The van der Waals surface area contributed by atoms with E-state index in [0.717, 1.165) is 11.1 Å². The first-order valence-corrected chi connectivity index (χ1v) is 10.4. The van der Waals surface area contributed by atoms with E-state index >= 15 is 0 Å². The van der Waals surface area contributed by atoms with Crippen LogP contribution in [0.2, 0.25) is 0 Å². The van der Waals surface area contributed by atoms with E-state index in [-0.39, 0.29) is 17.8 Å². The number of ether oxygens (including phenoxy) is 1. The number of Topliss-reactive ketones (excluding diaryl/α,β-unsaturated/α-hetero) is 1. The molecular weight excluding hydrogens is 384 g/mol. The van der Waals surface area contributed by atoms with Crippen LogP contribution in [0.25, 0.3) is 11.1 Å². The molecule has 0 aliphatic carbocycles. The Kier molecular flexibility index (Phi) is 7.41. The van der Waals surface area contributed by atoms with Gasteiger partial charge in [0.05, 0.1) is 12.2 Å². The number of rotatable bonds is 9. The smallest absolute Gasteiger partial charge is 0.298 e. The van der Waals surface area contributed by atoms with Gasteiger partial charge in [0, 0.05) is 32.2 Å². The number of carbonyl (C=O) groups is 2. The van der Waals surface area contributed by atoms with Crippen molar-refractivity contribution in [2.24, 2.45) is 11.8 Å². The summed E-state index contributed by atoms with van der Waals surface area (Å²) in [6, 6.07) is 9.99. The third-order valence-electron chi connectivity index (χ3n) is 5.20. The van der Waals surface area contributed by atoms with Crippen molar-refractivity contribution in [2.75, 3.05) is 31.1 Å². The summed E-state index contributed by atoms with van der Waals surface area (Å²) in [4.78, 5) is 31.6. The zero-order chi connectivity index (χ0) is 21.5. The second kappa shape index (κ2) is 10.2. The van der Waals surface area contributed by atoms with Gasteiger partial charge >= 0.3 is 0 Å². The summed E-state index contributed by atoms with van der Waals surface area (Å²) in [6.45, 7) is 5.98. The molecule has 8 nitrogen and oxygen atoms in total. The van der Waals surface area contributed by atoms with Crippen LogP contribution in [0.3, 0.4) is 0 Å². The van der Waals surface area contributed by atoms with E-state index < -0.39 is 11.8 Å². The molecule has 1 aliphatic heterocycles. The van der Waals surface area contributed by atoms with Crippen LogP contribution in [0.4, 0.5) is 6.01 Å². The Hall–Kier alpha value is -2.92. The fraction of sp³-hybridized carbons (Fsp3) is 0.545. The van der Waals surface area contributed by atoms with Gasteiger partial charge in [-0.25, -0.2) is 0 Å². The number of carbonyl (C=O) groups excluding carboxylic acids is 2. The van der Waals surface area contributed by atoms with Crippen LogP contribution >= 0.6 is 0 Å². The second-order valence-corrected chi connectivity index (χ2v) is 7.75. The van der Waals surface area contributed by atoms with Crippen LogP contribution in [-0.4, -0.2) is 49.0 Å². The van der Waals surface area contributed by atoms with Crippen molar-refractivity contribution in [1.82, 2.24) is 10.3 Å². The molecule has 1 aromatic carbocycles. The number of ketones is 1. The topological polar surface area (TPSA) is 108 Å². The standard InChI is InChI=1S/C22H28N4O4/c1-15(2)29-13-5-10-24-21(28)17(14-23)20(27)16-8-11-26(12-9-16)22-25-18-6-3-4-7-19(18)30-22/h3-4,6-7,15-17H,5,8-13H2,1-2H3,(H,24,28). The maximum atomic E-state index is 12.8. The normalized spacial score (nSPS) is 15.9. The summed E-state index contributed by atoms with van der Waals surface area (Å²) in [5, 5.41) is 12.1. The summed E-state index contributed by atoms with van der Waals surface area (Å²) in [5.41, 5.74) is 1.52. The highest BCUT2D eigenvalue weighted by Gasteiger charge is 2.35. The number of anilines is 1. The average molecular weight is 412 g/mol. The molecule has 1 aliphatic rings. The number of hydrogen-bond donors (Lipinski definition) is 1. The van der Waals surface area contributed by atoms with Crippen LogP contribution in [-0.2, 0) is 14.3 Å². The van der Waals surface area contributed by atoms with Gasteiger partial charge in [-0.15, -0.1) is 0 Å². The molecule has 0 saturated carbocycles. The van der Waals surface area contributed by atoms with Crippen molar-refractivity contribution < 1.29 is 18.7 Å². The molecule has 2 heterocycles. The summed E-state index contributed by atoms with van der Waals surface area (Å²) < 4.78 is 11.2. The lowest BCUT2D eigenvalue weighted by molar-refractivity contribution is -0.134. The molecule has 1 unspecified atom stereocenters. The van der Waals surface area contributed by atoms with Crippen molar-refractivity contribution in [3.05, 3.63) is 24.3 Å². The fourth-order valence-electron chi connectivity index (χ4n) is 3.54. The molecule has 1 atom stereocenters. The van der Waals surface area contributed by atoms with Crippen LogP contribution in [0, 0.1) is 23.2 Å². The lowest BCUT2D eigenvalue weighted by atomic mass is 9.86. The van der Waals surface area contributed by atoms with E-state index in [0.29, 0.717) is 51.5 Å². The Balaban J connectivity index is 1.49. The molecule has 1 amide bonds. The monoisotopic (exact) mass is 412 g/mol. The minimum Gasteiger partial charge on any atom is -0.423 e.